The molecule has 2 aromatic rings. The molecule has 0 unspecified atom stereocenters. The predicted octanol–water partition coefficient (Wildman–Crippen LogP) is 4.49. The lowest BCUT2D eigenvalue weighted by atomic mass is 10.2. The van der Waals surface area contributed by atoms with Crippen LogP contribution in [0.5, 0.6) is 0 Å². The molecule has 0 aliphatic heterocycles. The smallest absolute Gasteiger partial charge is 0.137 e. The second kappa shape index (κ2) is 5.07. The molecular weight excluding hydrogens is 303 g/mol. The van der Waals surface area contributed by atoms with Crippen molar-refractivity contribution in [2.24, 2.45) is 0 Å². The van der Waals surface area contributed by atoms with Crippen molar-refractivity contribution in [3.05, 3.63) is 45.6 Å². The molecule has 1 aromatic heterocycles. The number of Topliss-reactive ketones (excluding diaryl/α,β-unsaturated/α-hetero) is 1. The molecule has 0 aliphatic rings. The molecule has 0 fully saturated rings. The van der Waals surface area contributed by atoms with Gasteiger partial charge in [-0.3, -0.25) is 4.79 Å². The maximum atomic E-state index is 11.0. The maximum Gasteiger partial charge on any atom is 0.137 e. The Hall–Kier alpha value is -1.06. The third-order valence-corrected chi connectivity index (χ3v) is 3.17. The first kappa shape index (κ1) is 12.4. The van der Waals surface area contributed by atoms with Gasteiger partial charge in [0.15, 0.2) is 0 Å². The van der Waals surface area contributed by atoms with Gasteiger partial charge in [-0.2, -0.15) is 0 Å². The van der Waals surface area contributed by atoms with Crippen molar-refractivity contribution in [3.8, 4) is 11.3 Å². The minimum atomic E-state index is 0.0843. The lowest BCUT2D eigenvalue weighted by molar-refractivity contribution is -0.116. The average Bonchev–Trinajstić information content (AvgIpc) is 2.65. The van der Waals surface area contributed by atoms with Gasteiger partial charge in [-0.1, -0.05) is 11.6 Å². The summed E-state index contributed by atoms with van der Waals surface area (Å²) >= 11 is 9.31. The number of rotatable bonds is 3. The van der Waals surface area contributed by atoms with Gasteiger partial charge in [0.1, 0.15) is 17.3 Å². The molecule has 0 radical (unpaired) electrons. The monoisotopic (exact) mass is 312 g/mol. The van der Waals surface area contributed by atoms with Crippen molar-refractivity contribution in [1.29, 1.82) is 0 Å². The third-order valence-electron chi connectivity index (χ3n) is 2.28. The minimum Gasteiger partial charge on any atom is -0.461 e. The summed E-state index contributed by atoms with van der Waals surface area (Å²) in [6.45, 7) is 1.54. The van der Waals surface area contributed by atoms with Gasteiger partial charge < -0.3 is 4.42 Å². The molecule has 2 nitrogen and oxygen atoms in total. The Morgan fingerprint density at radius 3 is 2.76 bits per heavy atom. The molecule has 0 atom stereocenters. The highest BCUT2D eigenvalue weighted by Crippen LogP contribution is 2.31. The van der Waals surface area contributed by atoms with E-state index in [2.05, 4.69) is 15.9 Å². The van der Waals surface area contributed by atoms with Crippen LogP contribution >= 0.6 is 27.5 Å². The van der Waals surface area contributed by atoms with E-state index >= 15 is 0 Å². The summed E-state index contributed by atoms with van der Waals surface area (Å²) in [6.07, 6.45) is 0.325. The topological polar surface area (TPSA) is 30.2 Å². The third kappa shape index (κ3) is 2.99. The van der Waals surface area contributed by atoms with Crippen LogP contribution in [0.2, 0.25) is 5.02 Å². The summed E-state index contributed by atoms with van der Waals surface area (Å²) in [5.74, 6) is 1.49. The van der Waals surface area contributed by atoms with Crippen LogP contribution < -0.4 is 0 Å². The fourth-order valence-electron chi connectivity index (χ4n) is 1.55. The van der Waals surface area contributed by atoms with E-state index in [1.165, 1.54) is 0 Å². The summed E-state index contributed by atoms with van der Waals surface area (Å²) in [7, 11) is 0. The summed E-state index contributed by atoms with van der Waals surface area (Å²) in [5.41, 5.74) is 0.921. The second-order valence-electron chi connectivity index (χ2n) is 3.77. The van der Waals surface area contributed by atoms with E-state index in [4.69, 9.17) is 16.0 Å². The van der Waals surface area contributed by atoms with Crippen molar-refractivity contribution in [1.82, 2.24) is 0 Å². The van der Waals surface area contributed by atoms with E-state index in [1.807, 2.05) is 24.3 Å². The molecule has 0 amide bonds. The van der Waals surface area contributed by atoms with Crippen LogP contribution in [0.4, 0.5) is 0 Å². The van der Waals surface area contributed by atoms with E-state index in [9.17, 15) is 4.79 Å². The minimum absolute atomic E-state index is 0.0843. The van der Waals surface area contributed by atoms with Gasteiger partial charge in [-0.15, -0.1) is 0 Å². The van der Waals surface area contributed by atoms with Crippen molar-refractivity contribution in [2.45, 2.75) is 13.3 Å². The number of halogens is 2. The Labute approximate surface area is 113 Å². The number of hydrogen-bond acceptors (Lipinski definition) is 2. The number of carbonyl (C=O) groups is 1. The molecule has 0 spiro atoms. The highest BCUT2D eigenvalue weighted by atomic mass is 79.9. The maximum absolute atomic E-state index is 11.0. The zero-order chi connectivity index (χ0) is 12.4. The van der Waals surface area contributed by atoms with E-state index in [0.717, 1.165) is 15.8 Å². The van der Waals surface area contributed by atoms with E-state index in [0.29, 0.717) is 17.2 Å². The van der Waals surface area contributed by atoms with Gasteiger partial charge in [0.05, 0.1) is 6.42 Å². The second-order valence-corrected chi connectivity index (χ2v) is 5.06. The van der Waals surface area contributed by atoms with Crippen molar-refractivity contribution >= 4 is 33.3 Å². The van der Waals surface area contributed by atoms with Crippen LogP contribution in [0, 0.1) is 0 Å². The Morgan fingerprint density at radius 2 is 2.12 bits per heavy atom. The predicted molar refractivity (Wildman–Crippen MR) is 71.2 cm³/mol. The Balaban J connectivity index is 2.33. The molecule has 0 N–H and O–H groups in total. The zero-order valence-electron chi connectivity index (χ0n) is 9.17. The summed E-state index contributed by atoms with van der Waals surface area (Å²) in [6, 6.07) is 9.16. The molecule has 17 heavy (non-hydrogen) atoms. The largest absolute Gasteiger partial charge is 0.461 e. The van der Waals surface area contributed by atoms with Gasteiger partial charge in [0.25, 0.3) is 0 Å². The van der Waals surface area contributed by atoms with Crippen LogP contribution in [0.3, 0.4) is 0 Å². The van der Waals surface area contributed by atoms with Gasteiger partial charge in [-0.05, 0) is 53.2 Å². The van der Waals surface area contributed by atoms with Crippen LogP contribution in [-0.4, -0.2) is 5.78 Å². The molecule has 1 aromatic carbocycles. The number of furan rings is 1. The van der Waals surface area contributed by atoms with Crippen molar-refractivity contribution < 1.29 is 9.21 Å². The lowest BCUT2D eigenvalue weighted by Gasteiger charge is -2.01. The van der Waals surface area contributed by atoms with Gasteiger partial charge in [-0.25, -0.2) is 0 Å². The van der Waals surface area contributed by atoms with E-state index in [1.54, 1.807) is 13.0 Å². The highest BCUT2D eigenvalue weighted by molar-refractivity contribution is 9.10. The zero-order valence-corrected chi connectivity index (χ0v) is 11.5. The van der Waals surface area contributed by atoms with Crippen LogP contribution in [0.15, 0.2) is 39.2 Å². The quantitative estimate of drug-likeness (QED) is 0.835. The first-order valence-corrected chi connectivity index (χ1v) is 6.27. The average molecular weight is 314 g/mol. The molecule has 88 valence electrons. The number of carbonyl (C=O) groups excluding carboxylic acids is 1. The number of hydrogen-bond donors (Lipinski definition) is 0. The molecule has 0 saturated carbocycles. The van der Waals surface area contributed by atoms with Crippen LogP contribution in [0.25, 0.3) is 11.3 Å². The van der Waals surface area contributed by atoms with Gasteiger partial charge >= 0.3 is 0 Å². The van der Waals surface area contributed by atoms with Crippen molar-refractivity contribution in [3.63, 3.8) is 0 Å². The van der Waals surface area contributed by atoms with E-state index in [-0.39, 0.29) is 5.78 Å². The molecule has 2 rings (SSSR count). The first-order chi connectivity index (χ1) is 8.06. The SMILES string of the molecule is CC(=O)Cc1ccc(-c2ccc(Cl)cc2Br)o1. The Kier molecular flexibility index (Phi) is 3.69. The number of benzene rings is 1. The molecule has 0 bridgehead atoms. The fourth-order valence-corrected chi connectivity index (χ4v) is 2.43. The summed E-state index contributed by atoms with van der Waals surface area (Å²) in [4.78, 5) is 11.0. The normalized spacial score (nSPS) is 10.5. The van der Waals surface area contributed by atoms with Gasteiger partial charge in [0.2, 0.25) is 0 Å². The number of ketones is 1. The first-order valence-electron chi connectivity index (χ1n) is 5.10. The van der Waals surface area contributed by atoms with E-state index < -0.39 is 0 Å². The van der Waals surface area contributed by atoms with Crippen LogP contribution in [0.1, 0.15) is 12.7 Å². The standard InChI is InChI=1S/C13H10BrClO2/c1-8(16)6-10-3-5-13(17-10)11-4-2-9(15)7-12(11)14/h2-5,7H,6H2,1H3. The Bertz CT molecular complexity index is 560. The van der Waals surface area contributed by atoms with Crippen LogP contribution in [-0.2, 0) is 11.2 Å². The molecule has 0 saturated heterocycles. The summed E-state index contributed by atoms with van der Waals surface area (Å²) < 4.78 is 6.48. The fraction of sp³-hybridized carbons (Fsp3) is 0.154. The lowest BCUT2D eigenvalue weighted by Crippen LogP contribution is -1.93. The summed E-state index contributed by atoms with van der Waals surface area (Å²) in [5, 5.41) is 0.663. The molecule has 4 heteroatoms. The Morgan fingerprint density at radius 1 is 1.35 bits per heavy atom. The molecule has 1 heterocycles. The highest BCUT2D eigenvalue weighted by Gasteiger charge is 2.09. The molecule has 0 aliphatic carbocycles. The molecular formula is C13H10BrClO2. The van der Waals surface area contributed by atoms with Crippen molar-refractivity contribution in [2.75, 3.05) is 0 Å². The van der Waals surface area contributed by atoms with Gasteiger partial charge in [0, 0.05) is 15.1 Å².